The van der Waals surface area contributed by atoms with Crippen molar-refractivity contribution in [2.75, 3.05) is 6.54 Å². The summed E-state index contributed by atoms with van der Waals surface area (Å²) in [5, 5.41) is 11.0. The van der Waals surface area contributed by atoms with Gasteiger partial charge in [0.1, 0.15) is 12.7 Å². The molecule has 0 aliphatic carbocycles. The summed E-state index contributed by atoms with van der Waals surface area (Å²) < 4.78 is 1.82. The summed E-state index contributed by atoms with van der Waals surface area (Å²) in [6.07, 6.45) is 3.29. The largest absolute Gasteiger partial charge is 0.357 e. The molecule has 0 saturated heterocycles. The van der Waals surface area contributed by atoms with E-state index in [0.717, 1.165) is 19.0 Å². The van der Waals surface area contributed by atoms with Crippen LogP contribution < -0.4 is 10.6 Å². The van der Waals surface area contributed by atoms with Gasteiger partial charge in [0.15, 0.2) is 5.96 Å². The van der Waals surface area contributed by atoms with Crippen LogP contribution in [0.3, 0.4) is 0 Å². The molecule has 0 aliphatic rings. The zero-order chi connectivity index (χ0) is 21.3. The van der Waals surface area contributed by atoms with Crippen LogP contribution >= 0.6 is 0 Å². The van der Waals surface area contributed by atoms with Crippen molar-refractivity contribution in [2.45, 2.75) is 46.8 Å². The summed E-state index contributed by atoms with van der Waals surface area (Å²) in [5.41, 5.74) is 4.80. The second kappa shape index (κ2) is 10.6. The summed E-state index contributed by atoms with van der Waals surface area (Å²) in [4.78, 5) is 8.83. The van der Waals surface area contributed by atoms with Crippen LogP contribution in [0.5, 0.6) is 0 Å². The molecule has 0 fully saturated rings. The van der Waals surface area contributed by atoms with E-state index in [-0.39, 0.29) is 0 Å². The molecule has 30 heavy (non-hydrogen) atoms. The first kappa shape index (κ1) is 21.6. The van der Waals surface area contributed by atoms with E-state index in [1.807, 2.05) is 4.68 Å². The fourth-order valence-electron chi connectivity index (χ4n) is 3.10. The van der Waals surface area contributed by atoms with E-state index in [1.165, 1.54) is 22.3 Å². The molecule has 6 heteroatoms. The average Bonchev–Trinajstić information content (AvgIpc) is 3.26. The van der Waals surface area contributed by atoms with E-state index in [4.69, 9.17) is 4.99 Å². The molecule has 0 saturated carbocycles. The molecule has 2 aromatic carbocycles. The quantitative estimate of drug-likeness (QED) is 0.438. The van der Waals surface area contributed by atoms with E-state index in [1.54, 1.807) is 12.7 Å². The zero-order valence-corrected chi connectivity index (χ0v) is 18.3. The number of hydrogen-bond acceptors (Lipinski definition) is 3. The van der Waals surface area contributed by atoms with Gasteiger partial charge in [0.2, 0.25) is 0 Å². The number of nitrogens with one attached hydrogen (secondary N) is 2. The van der Waals surface area contributed by atoms with E-state index >= 15 is 0 Å². The van der Waals surface area contributed by atoms with Crippen LogP contribution in [-0.2, 0) is 13.1 Å². The van der Waals surface area contributed by atoms with Gasteiger partial charge in [-0.2, -0.15) is 5.10 Å². The smallest absolute Gasteiger partial charge is 0.191 e. The van der Waals surface area contributed by atoms with Gasteiger partial charge in [-0.1, -0.05) is 62.4 Å². The fourth-order valence-corrected chi connectivity index (χ4v) is 3.10. The molecule has 0 amide bonds. The fraction of sp³-hybridized carbons (Fsp3) is 0.375. The Morgan fingerprint density at radius 1 is 1.07 bits per heavy atom. The number of nitrogens with zero attached hydrogens (tertiary/aromatic N) is 4. The summed E-state index contributed by atoms with van der Waals surface area (Å²) in [6.45, 7) is 10.9. The molecule has 0 radical (unpaired) electrons. The summed E-state index contributed by atoms with van der Waals surface area (Å²) in [7, 11) is 0. The lowest BCUT2D eigenvalue weighted by Crippen LogP contribution is -2.44. The van der Waals surface area contributed by atoms with Gasteiger partial charge in [0, 0.05) is 12.6 Å². The Morgan fingerprint density at radius 2 is 1.83 bits per heavy atom. The maximum absolute atomic E-state index is 4.84. The van der Waals surface area contributed by atoms with Gasteiger partial charge in [-0.15, -0.1) is 0 Å². The van der Waals surface area contributed by atoms with Gasteiger partial charge in [-0.05, 0) is 42.0 Å². The number of hydrogen-bond donors (Lipinski definition) is 2. The Kier molecular flexibility index (Phi) is 7.60. The first-order valence-electron chi connectivity index (χ1n) is 10.6. The number of rotatable bonds is 8. The Morgan fingerprint density at radius 3 is 2.50 bits per heavy atom. The molecule has 1 aromatic heterocycles. The van der Waals surface area contributed by atoms with Gasteiger partial charge in [-0.25, -0.2) is 14.7 Å². The van der Waals surface area contributed by atoms with Crippen molar-refractivity contribution in [1.29, 1.82) is 0 Å². The Labute approximate surface area is 179 Å². The highest BCUT2D eigenvalue weighted by atomic mass is 15.3. The molecular formula is C24H32N6. The number of aliphatic imine (C=N–C) groups is 1. The highest BCUT2D eigenvalue weighted by molar-refractivity contribution is 5.80. The zero-order valence-electron chi connectivity index (χ0n) is 18.3. The molecule has 3 rings (SSSR count). The van der Waals surface area contributed by atoms with Crippen LogP contribution in [0.25, 0.3) is 11.1 Å². The van der Waals surface area contributed by atoms with E-state index < -0.39 is 0 Å². The Bertz CT molecular complexity index is 929. The lowest BCUT2D eigenvalue weighted by molar-refractivity contribution is 0.481. The molecule has 2 N–H and O–H groups in total. The van der Waals surface area contributed by atoms with Crippen LogP contribution in [-0.4, -0.2) is 33.3 Å². The van der Waals surface area contributed by atoms with Crippen molar-refractivity contribution in [3.05, 3.63) is 72.3 Å². The first-order valence-corrected chi connectivity index (χ1v) is 10.6. The Balaban J connectivity index is 1.76. The van der Waals surface area contributed by atoms with Crippen molar-refractivity contribution in [3.8, 4) is 11.1 Å². The van der Waals surface area contributed by atoms with Crippen LogP contribution in [0, 0.1) is 5.92 Å². The summed E-state index contributed by atoms with van der Waals surface area (Å²) in [5.74, 6) is 1.40. The predicted molar refractivity (Wildman–Crippen MR) is 123 cm³/mol. The third-order valence-electron chi connectivity index (χ3n) is 5.21. The molecule has 1 unspecified atom stereocenters. The van der Waals surface area contributed by atoms with Crippen LogP contribution in [0.1, 0.15) is 38.8 Å². The lowest BCUT2D eigenvalue weighted by atomic mass is 9.98. The van der Waals surface area contributed by atoms with Gasteiger partial charge in [0.05, 0.1) is 13.1 Å². The molecule has 3 aromatic rings. The maximum atomic E-state index is 4.84. The van der Waals surface area contributed by atoms with Crippen molar-refractivity contribution in [2.24, 2.45) is 10.9 Å². The van der Waals surface area contributed by atoms with Gasteiger partial charge < -0.3 is 10.6 Å². The SMILES string of the molecule is CCNC(=NCc1ccccc1-c1ccc(Cn2cncn2)cc1)NC(C)C(C)C. The topological polar surface area (TPSA) is 67.1 Å². The molecule has 0 bridgehead atoms. The molecule has 1 atom stereocenters. The van der Waals surface area contributed by atoms with Crippen LogP contribution in [0.2, 0.25) is 0 Å². The standard InChI is InChI=1S/C24H32N6/c1-5-26-24(29-19(4)18(2)3)27-14-22-8-6-7-9-23(22)21-12-10-20(11-13-21)15-30-17-25-16-28-30/h6-13,16-19H,5,14-15H2,1-4H3,(H2,26,27,29). The monoisotopic (exact) mass is 404 g/mol. The number of guanidine groups is 1. The van der Waals surface area contributed by atoms with Gasteiger partial charge in [0.25, 0.3) is 0 Å². The highest BCUT2D eigenvalue weighted by Gasteiger charge is 2.10. The Hall–Kier alpha value is -3.15. The minimum Gasteiger partial charge on any atom is -0.357 e. The van der Waals surface area contributed by atoms with Crippen LogP contribution in [0.15, 0.2) is 66.2 Å². The molecular weight excluding hydrogens is 372 g/mol. The maximum Gasteiger partial charge on any atom is 0.191 e. The summed E-state index contributed by atoms with van der Waals surface area (Å²) in [6, 6.07) is 17.4. The van der Waals surface area contributed by atoms with Crippen LogP contribution in [0.4, 0.5) is 0 Å². The van der Waals surface area contributed by atoms with Crippen molar-refractivity contribution in [3.63, 3.8) is 0 Å². The third-order valence-corrected chi connectivity index (χ3v) is 5.21. The minimum absolute atomic E-state index is 0.357. The van der Waals surface area contributed by atoms with E-state index in [2.05, 4.69) is 96.9 Å². The van der Waals surface area contributed by atoms with Crippen molar-refractivity contribution in [1.82, 2.24) is 25.4 Å². The first-order chi connectivity index (χ1) is 14.6. The van der Waals surface area contributed by atoms with Crippen molar-refractivity contribution < 1.29 is 0 Å². The molecule has 0 spiro atoms. The second-order valence-corrected chi connectivity index (χ2v) is 7.82. The lowest BCUT2D eigenvalue weighted by Gasteiger charge is -2.21. The normalized spacial score (nSPS) is 12.8. The highest BCUT2D eigenvalue weighted by Crippen LogP contribution is 2.25. The second-order valence-electron chi connectivity index (χ2n) is 7.82. The van der Waals surface area contributed by atoms with Crippen molar-refractivity contribution >= 4 is 5.96 Å². The third kappa shape index (κ3) is 5.92. The van der Waals surface area contributed by atoms with E-state index in [9.17, 15) is 0 Å². The average molecular weight is 405 g/mol. The molecule has 0 aliphatic heterocycles. The number of aromatic nitrogens is 3. The minimum atomic E-state index is 0.357. The molecule has 158 valence electrons. The van der Waals surface area contributed by atoms with Gasteiger partial charge >= 0.3 is 0 Å². The predicted octanol–water partition coefficient (Wildman–Crippen LogP) is 4.09. The number of benzene rings is 2. The molecule has 1 heterocycles. The van der Waals surface area contributed by atoms with E-state index in [0.29, 0.717) is 18.5 Å². The molecule has 6 nitrogen and oxygen atoms in total. The summed E-state index contributed by atoms with van der Waals surface area (Å²) >= 11 is 0. The van der Waals surface area contributed by atoms with Gasteiger partial charge in [-0.3, -0.25) is 0 Å².